The highest BCUT2D eigenvalue weighted by Crippen LogP contribution is 2.38. The molecule has 0 radical (unpaired) electrons. The quantitative estimate of drug-likeness (QED) is 0.589. The van der Waals surface area contributed by atoms with Gasteiger partial charge in [-0.1, -0.05) is 49.5 Å². The van der Waals surface area contributed by atoms with E-state index >= 15 is 0 Å². The maximum atomic E-state index is 13.5. The van der Waals surface area contributed by atoms with E-state index in [1.807, 2.05) is 18.2 Å². The minimum absolute atomic E-state index is 0.115. The molecule has 100 valence electrons. The average Bonchev–Trinajstić information content (AvgIpc) is 2.41. The van der Waals surface area contributed by atoms with Gasteiger partial charge in [0.25, 0.3) is 0 Å². The highest BCUT2D eigenvalue weighted by atomic mass is 79.9. The number of benzene rings is 2. The number of rotatable bonds is 3. The zero-order valence-electron chi connectivity index (χ0n) is 9.96. The molecule has 0 aliphatic rings. The Balaban J connectivity index is 2.45. The Morgan fingerprint density at radius 3 is 2.58 bits per heavy atom. The van der Waals surface area contributed by atoms with Crippen LogP contribution < -0.4 is 4.74 Å². The fourth-order valence-electron chi connectivity index (χ4n) is 1.75. The summed E-state index contributed by atoms with van der Waals surface area (Å²) in [5.41, 5.74) is 1.69. The van der Waals surface area contributed by atoms with Gasteiger partial charge in [0, 0.05) is 10.0 Å². The predicted octanol–water partition coefficient (Wildman–Crippen LogP) is 5.73. The second-order valence-corrected chi connectivity index (χ2v) is 6.16. The molecule has 0 aliphatic carbocycles. The lowest BCUT2D eigenvalue weighted by Crippen LogP contribution is -1.98. The highest BCUT2D eigenvalue weighted by Gasteiger charge is 2.17. The van der Waals surface area contributed by atoms with Gasteiger partial charge in [-0.3, -0.25) is 0 Å². The lowest BCUT2D eigenvalue weighted by Gasteiger charge is -2.15. The number of alkyl halides is 1. The molecule has 1 atom stereocenters. The molecule has 0 saturated heterocycles. The fraction of sp³-hybridized carbons (Fsp3) is 0.143. The minimum Gasteiger partial charge on any atom is -0.496 e. The van der Waals surface area contributed by atoms with E-state index in [0.29, 0.717) is 0 Å². The van der Waals surface area contributed by atoms with Crippen molar-refractivity contribution >= 4 is 43.5 Å². The van der Waals surface area contributed by atoms with E-state index in [1.165, 1.54) is 6.07 Å². The molecule has 0 fully saturated rings. The van der Waals surface area contributed by atoms with Crippen LogP contribution in [-0.4, -0.2) is 7.11 Å². The van der Waals surface area contributed by atoms with Gasteiger partial charge in [0.05, 0.1) is 17.0 Å². The Bertz CT molecular complexity index is 604. The third kappa shape index (κ3) is 3.30. The smallest absolute Gasteiger partial charge is 0.142 e. The predicted molar refractivity (Wildman–Crippen MR) is 82.9 cm³/mol. The standard InChI is InChI=1S/C14H10Br2ClFO/c1-19-13-5-3-9(15)7-10(13)14(16)8-2-4-11(17)12(18)6-8/h2-7,14H,1H3. The molecule has 0 spiro atoms. The van der Waals surface area contributed by atoms with Gasteiger partial charge in [0.15, 0.2) is 0 Å². The first kappa shape index (κ1) is 14.8. The van der Waals surface area contributed by atoms with Crippen molar-refractivity contribution in [3.8, 4) is 5.75 Å². The third-order valence-electron chi connectivity index (χ3n) is 2.70. The molecule has 2 aromatic rings. The van der Waals surface area contributed by atoms with E-state index in [2.05, 4.69) is 31.9 Å². The maximum Gasteiger partial charge on any atom is 0.142 e. The summed E-state index contributed by atoms with van der Waals surface area (Å²) in [5.74, 6) is 0.304. The first-order valence-electron chi connectivity index (χ1n) is 5.45. The number of halogens is 4. The van der Waals surface area contributed by atoms with E-state index in [1.54, 1.807) is 19.2 Å². The van der Waals surface area contributed by atoms with Crippen LogP contribution in [0.1, 0.15) is 16.0 Å². The SMILES string of the molecule is COc1ccc(Br)cc1C(Br)c1ccc(Cl)c(F)c1. The van der Waals surface area contributed by atoms with Gasteiger partial charge >= 0.3 is 0 Å². The van der Waals surface area contributed by atoms with Gasteiger partial charge in [-0.25, -0.2) is 4.39 Å². The van der Waals surface area contributed by atoms with E-state index < -0.39 is 5.82 Å². The minimum atomic E-state index is -0.433. The Hall–Kier alpha value is -0.580. The van der Waals surface area contributed by atoms with Crippen molar-refractivity contribution in [2.24, 2.45) is 0 Å². The summed E-state index contributed by atoms with van der Waals surface area (Å²) in [4.78, 5) is -0.174. The zero-order valence-corrected chi connectivity index (χ0v) is 13.9. The maximum absolute atomic E-state index is 13.5. The average molecular weight is 408 g/mol. The second kappa shape index (κ2) is 6.25. The summed E-state index contributed by atoms with van der Waals surface area (Å²) in [5, 5.41) is 0.115. The zero-order chi connectivity index (χ0) is 14.0. The van der Waals surface area contributed by atoms with Crippen molar-refractivity contribution in [1.82, 2.24) is 0 Å². The molecule has 19 heavy (non-hydrogen) atoms. The molecule has 0 amide bonds. The van der Waals surface area contributed by atoms with Crippen molar-refractivity contribution in [2.45, 2.75) is 4.83 Å². The van der Waals surface area contributed by atoms with Crippen LogP contribution in [0.15, 0.2) is 40.9 Å². The van der Waals surface area contributed by atoms with Gasteiger partial charge in [0.2, 0.25) is 0 Å². The van der Waals surface area contributed by atoms with Crippen molar-refractivity contribution < 1.29 is 9.13 Å². The topological polar surface area (TPSA) is 9.23 Å². The molecule has 2 aromatic carbocycles. The number of methoxy groups -OCH3 is 1. The third-order valence-corrected chi connectivity index (χ3v) is 4.52. The Kier molecular flexibility index (Phi) is 4.87. The van der Waals surface area contributed by atoms with Crippen LogP contribution in [0.5, 0.6) is 5.75 Å². The highest BCUT2D eigenvalue weighted by molar-refractivity contribution is 9.10. The number of ether oxygens (including phenoxy) is 1. The van der Waals surface area contributed by atoms with Crippen molar-refractivity contribution in [3.05, 3.63) is 62.8 Å². The Labute approximate surface area is 133 Å². The number of hydrogen-bond donors (Lipinski definition) is 0. The molecule has 0 saturated carbocycles. The van der Waals surface area contributed by atoms with Crippen LogP contribution in [0.4, 0.5) is 4.39 Å². The van der Waals surface area contributed by atoms with Gasteiger partial charge in [-0.15, -0.1) is 0 Å². The molecule has 2 rings (SSSR count). The first-order chi connectivity index (χ1) is 9.02. The molecular weight excluding hydrogens is 398 g/mol. The summed E-state index contributed by atoms with van der Waals surface area (Å²) in [7, 11) is 1.61. The summed E-state index contributed by atoms with van der Waals surface area (Å²) >= 11 is 12.7. The number of hydrogen-bond acceptors (Lipinski definition) is 1. The van der Waals surface area contributed by atoms with Crippen molar-refractivity contribution in [3.63, 3.8) is 0 Å². The molecule has 0 N–H and O–H groups in total. The van der Waals surface area contributed by atoms with Crippen LogP contribution in [0.2, 0.25) is 5.02 Å². The lowest BCUT2D eigenvalue weighted by molar-refractivity contribution is 0.410. The fourth-order valence-corrected chi connectivity index (χ4v) is 2.89. The van der Waals surface area contributed by atoms with Crippen molar-refractivity contribution in [1.29, 1.82) is 0 Å². The lowest BCUT2D eigenvalue weighted by atomic mass is 10.0. The van der Waals surface area contributed by atoms with E-state index in [4.69, 9.17) is 16.3 Å². The molecule has 5 heteroatoms. The largest absolute Gasteiger partial charge is 0.496 e. The molecule has 0 heterocycles. The van der Waals surface area contributed by atoms with Crippen LogP contribution in [-0.2, 0) is 0 Å². The summed E-state index contributed by atoms with van der Waals surface area (Å²) in [6.07, 6.45) is 0. The summed E-state index contributed by atoms with van der Waals surface area (Å²) in [6.45, 7) is 0. The van der Waals surface area contributed by atoms with Crippen LogP contribution in [0.25, 0.3) is 0 Å². The second-order valence-electron chi connectivity index (χ2n) is 3.92. The van der Waals surface area contributed by atoms with Gasteiger partial charge in [-0.05, 0) is 35.9 Å². The van der Waals surface area contributed by atoms with Gasteiger partial charge in [0.1, 0.15) is 11.6 Å². The summed E-state index contributed by atoms with van der Waals surface area (Å²) in [6, 6.07) is 10.4. The Morgan fingerprint density at radius 2 is 1.95 bits per heavy atom. The molecule has 0 bridgehead atoms. The van der Waals surface area contributed by atoms with Crippen LogP contribution >= 0.6 is 43.5 Å². The van der Waals surface area contributed by atoms with Gasteiger partial charge in [-0.2, -0.15) is 0 Å². The normalized spacial score (nSPS) is 12.3. The molecule has 1 nitrogen and oxygen atoms in total. The summed E-state index contributed by atoms with van der Waals surface area (Å²) < 4.78 is 19.8. The van der Waals surface area contributed by atoms with E-state index in [9.17, 15) is 4.39 Å². The molecule has 0 aromatic heterocycles. The Morgan fingerprint density at radius 1 is 1.21 bits per heavy atom. The van der Waals surface area contributed by atoms with Crippen molar-refractivity contribution in [2.75, 3.05) is 7.11 Å². The van der Waals surface area contributed by atoms with Crippen LogP contribution in [0.3, 0.4) is 0 Å². The monoisotopic (exact) mass is 406 g/mol. The van der Waals surface area contributed by atoms with E-state index in [0.717, 1.165) is 21.3 Å². The molecular formula is C14H10Br2ClFO. The molecule has 1 unspecified atom stereocenters. The van der Waals surface area contributed by atoms with E-state index in [-0.39, 0.29) is 9.85 Å². The van der Waals surface area contributed by atoms with Crippen LogP contribution in [0, 0.1) is 5.82 Å². The van der Waals surface area contributed by atoms with Gasteiger partial charge < -0.3 is 4.74 Å². The first-order valence-corrected chi connectivity index (χ1v) is 7.54. The molecule has 0 aliphatic heterocycles.